The molecule has 0 N–H and O–H groups in total. The third-order valence-corrected chi connectivity index (χ3v) is 14.8. The zero-order chi connectivity index (χ0) is 48.3. The molecule has 1 aromatic heterocycles. The molecule has 0 fully saturated rings. The van der Waals surface area contributed by atoms with Gasteiger partial charge in [0.05, 0.1) is 11.4 Å². The SMILES string of the molecule is CC(C)(C)c1ccc(-c2cc3cc4c(cc3cc2-c2ccc(C(C)(C)C)cc2)-c2cc3cc(N(c5ccccc5-c5ccccc5)c5cccc6c5oc5c(C(C)(C)C)cccc56)ccc3cc2-4)cc1. The Labute approximate surface area is 412 Å². The minimum absolute atomic E-state index is 0.0815. The number of fused-ring (bicyclic) bond motifs is 9. The smallest absolute Gasteiger partial charge is 0.159 e. The van der Waals surface area contributed by atoms with Crippen molar-refractivity contribution in [2.45, 2.75) is 78.6 Å². The predicted octanol–water partition coefficient (Wildman–Crippen LogP) is 19.9. The molecule has 0 unspecified atom stereocenters. The highest BCUT2D eigenvalue weighted by Crippen LogP contribution is 2.53. The molecule has 0 saturated carbocycles. The summed E-state index contributed by atoms with van der Waals surface area (Å²) in [5, 5.41) is 7.18. The average Bonchev–Trinajstić information content (AvgIpc) is 3.74. The van der Waals surface area contributed by atoms with Gasteiger partial charge in [-0.1, -0.05) is 196 Å². The van der Waals surface area contributed by atoms with E-state index < -0.39 is 0 Å². The van der Waals surface area contributed by atoms with E-state index in [1.807, 2.05) is 0 Å². The lowest BCUT2D eigenvalue weighted by molar-refractivity contribution is 0.573. The Kier molecular flexibility index (Phi) is 9.92. The first-order valence-corrected chi connectivity index (χ1v) is 24.9. The summed E-state index contributed by atoms with van der Waals surface area (Å²) >= 11 is 0. The highest BCUT2D eigenvalue weighted by molar-refractivity contribution is 6.15. The summed E-state index contributed by atoms with van der Waals surface area (Å²) in [6.45, 7) is 20.5. The molecule has 0 amide bonds. The average molecular weight is 906 g/mol. The van der Waals surface area contributed by atoms with Crippen molar-refractivity contribution < 1.29 is 4.42 Å². The van der Waals surface area contributed by atoms with E-state index in [1.54, 1.807) is 0 Å². The van der Waals surface area contributed by atoms with E-state index in [0.717, 1.165) is 50.1 Å². The van der Waals surface area contributed by atoms with Crippen molar-refractivity contribution in [3.05, 3.63) is 211 Å². The van der Waals surface area contributed by atoms with Gasteiger partial charge in [0, 0.05) is 27.6 Å². The zero-order valence-corrected chi connectivity index (χ0v) is 41.8. The van der Waals surface area contributed by atoms with Crippen molar-refractivity contribution in [2.75, 3.05) is 4.90 Å². The molecule has 0 atom stereocenters. The van der Waals surface area contributed by atoms with Gasteiger partial charge in [-0.15, -0.1) is 0 Å². The van der Waals surface area contributed by atoms with E-state index in [4.69, 9.17) is 4.42 Å². The lowest BCUT2D eigenvalue weighted by Gasteiger charge is -2.29. The summed E-state index contributed by atoms with van der Waals surface area (Å²) in [7, 11) is 0. The minimum Gasteiger partial charge on any atom is -0.454 e. The molecule has 70 heavy (non-hydrogen) atoms. The van der Waals surface area contributed by atoms with Crippen LogP contribution in [-0.4, -0.2) is 0 Å². The Morgan fingerprint density at radius 3 is 1.33 bits per heavy atom. The lowest BCUT2D eigenvalue weighted by atomic mass is 9.77. The second kappa shape index (κ2) is 15.9. The first-order valence-electron chi connectivity index (χ1n) is 24.9. The second-order valence-corrected chi connectivity index (χ2v) is 22.6. The number of rotatable bonds is 6. The molecule has 0 saturated heterocycles. The van der Waals surface area contributed by atoms with Gasteiger partial charge in [0.1, 0.15) is 5.58 Å². The summed E-state index contributed by atoms with van der Waals surface area (Å²) in [4.78, 5) is 2.41. The monoisotopic (exact) mass is 905 g/mol. The third-order valence-electron chi connectivity index (χ3n) is 14.8. The molecule has 342 valence electrons. The standard InChI is InChI=1S/C68H59NO/c1-66(2,3)49-30-25-43(26-31-49)55-37-47-40-59-57-36-45-29-34-51(35-46(45)39-58(57)60(59)41-48(47)38-56(55)44-27-32-50(33-28-44)67(4,5)6)69(62-23-14-13-19-52(62)42-17-11-10-12-18-42)63-24-16-21-54-53-20-15-22-61(68(7,8)9)64(53)70-65(54)63/h10-41H,1-9H3. The number of para-hydroxylation sites is 3. The molecule has 12 rings (SSSR count). The normalized spacial score (nSPS) is 12.6. The van der Waals surface area contributed by atoms with E-state index >= 15 is 0 Å². The van der Waals surface area contributed by atoms with Crippen LogP contribution in [0.5, 0.6) is 0 Å². The molecule has 1 heterocycles. The molecule has 2 nitrogen and oxygen atoms in total. The van der Waals surface area contributed by atoms with Crippen molar-refractivity contribution in [1.82, 2.24) is 0 Å². The van der Waals surface area contributed by atoms with Gasteiger partial charge < -0.3 is 9.32 Å². The van der Waals surface area contributed by atoms with E-state index in [9.17, 15) is 0 Å². The van der Waals surface area contributed by atoms with Crippen LogP contribution in [0.4, 0.5) is 17.1 Å². The Morgan fingerprint density at radius 2 is 0.771 bits per heavy atom. The molecular formula is C68H59NO. The number of anilines is 3. The molecule has 1 aliphatic rings. The number of hydrogen-bond acceptors (Lipinski definition) is 2. The number of furan rings is 1. The van der Waals surface area contributed by atoms with E-state index in [2.05, 4.69) is 261 Å². The van der Waals surface area contributed by atoms with Crippen molar-refractivity contribution in [1.29, 1.82) is 0 Å². The fourth-order valence-corrected chi connectivity index (χ4v) is 10.9. The van der Waals surface area contributed by atoms with E-state index in [0.29, 0.717) is 0 Å². The van der Waals surface area contributed by atoms with Gasteiger partial charge in [0.15, 0.2) is 5.58 Å². The second-order valence-electron chi connectivity index (χ2n) is 22.6. The first kappa shape index (κ1) is 43.6. The minimum atomic E-state index is -0.0829. The maximum absolute atomic E-state index is 7.08. The molecule has 2 heteroatoms. The van der Waals surface area contributed by atoms with Gasteiger partial charge in [-0.3, -0.25) is 0 Å². The first-order chi connectivity index (χ1) is 33.6. The van der Waals surface area contributed by atoms with Crippen molar-refractivity contribution in [2.24, 2.45) is 0 Å². The van der Waals surface area contributed by atoms with Crippen LogP contribution in [0.3, 0.4) is 0 Å². The van der Waals surface area contributed by atoms with Gasteiger partial charge in [0.2, 0.25) is 0 Å². The molecule has 11 aromatic rings. The molecule has 1 aliphatic carbocycles. The van der Waals surface area contributed by atoms with Crippen LogP contribution >= 0.6 is 0 Å². The fourth-order valence-electron chi connectivity index (χ4n) is 10.9. The van der Waals surface area contributed by atoms with Crippen LogP contribution in [0, 0.1) is 0 Å². The molecule has 0 spiro atoms. The summed E-state index contributed by atoms with van der Waals surface area (Å²) in [6.07, 6.45) is 0. The predicted molar refractivity (Wildman–Crippen MR) is 300 cm³/mol. The topological polar surface area (TPSA) is 16.4 Å². The van der Waals surface area contributed by atoms with Crippen molar-refractivity contribution in [3.63, 3.8) is 0 Å². The Morgan fingerprint density at radius 1 is 0.314 bits per heavy atom. The summed E-state index contributed by atoms with van der Waals surface area (Å²) < 4.78 is 7.08. The van der Waals surface area contributed by atoms with Crippen LogP contribution < -0.4 is 4.90 Å². The highest BCUT2D eigenvalue weighted by atomic mass is 16.3. The Hall–Kier alpha value is -7.68. The molecule has 10 aromatic carbocycles. The molecule has 0 radical (unpaired) electrons. The maximum Gasteiger partial charge on any atom is 0.159 e. The third kappa shape index (κ3) is 7.32. The van der Waals surface area contributed by atoms with E-state index in [-0.39, 0.29) is 16.2 Å². The summed E-state index contributed by atoms with van der Waals surface area (Å²) in [6, 6.07) is 72.6. The van der Waals surface area contributed by atoms with Gasteiger partial charge in [0.25, 0.3) is 0 Å². The van der Waals surface area contributed by atoms with Crippen LogP contribution in [0.25, 0.3) is 99.1 Å². The van der Waals surface area contributed by atoms with Crippen LogP contribution in [-0.2, 0) is 16.2 Å². The number of nitrogens with zero attached hydrogens (tertiary/aromatic N) is 1. The zero-order valence-electron chi connectivity index (χ0n) is 41.8. The number of benzene rings is 10. The number of hydrogen-bond donors (Lipinski definition) is 0. The summed E-state index contributed by atoms with van der Waals surface area (Å²) in [5.41, 5.74) is 21.5. The lowest BCUT2D eigenvalue weighted by Crippen LogP contribution is -2.11. The van der Waals surface area contributed by atoms with Crippen LogP contribution in [0.2, 0.25) is 0 Å². The summed E-state index contributed by atoms with van der Waals surface area (Å²) in [5.74, 6) is 0. The van der Waals surface area contributed by atoms with Crippen molar-refractivity contribution >= 4 is 60.5 Å². The van der Waals surface area contributed by atoms with Gasteiger partial charge in [-0.25, -0.2) is 0 Å². The fraction of sp³-hybridized carbons (Fsp3) is 0.176. The van der Waals surface area contributed by atoms with Crippen molar-refractivity contribution in [3.8, 4) is 55.6 Å². The quantitative estimate of drug-likeness (QED) is 0.165. The highest BCUT2D eigenvalue weighted by Gasteiger charge is 2.28. The van der Waals surface area contributed by atoms with Gasteiger partial charge >= 0.3 is 0 Å². The van der Waals surface area contributed by atoms with Gasteiger partial charge in [-0.2, -0.15) is 0 Å². The Bertz CT molecular complexity index is 3850. The molecule has 0 aliphatic heterocycles. The molecular weight excluding hydrogens is 847 g/mol. The molecule has 0 bridgehead atoms. The van der Waals surface area contributed by atoms with E-state index in [1.165, 1.54) is 82.7 Å². The van der Waals surface area contributed by atoms with Crippen LogP contribution in [0.1, 0.15) is 79.0 Å². The largest absolute Gasteiger partial charge is 0.454 e. The van der Waals surface area contributed by atoms with Gasteiger partial charge in [-0.05, 0) is 160 Å². The Balaban J connectivity index is 1.01. The maximum atomic E-state index is 7.08. The van der Waals surface area contributed by atoms with Crippen LogP contribution in [0.15, 0.2) is 199 Å².